The van der Waals surface area contributed by atoms with Crippen molar-refractivity contribution < 1.29 is 4.74 Å². The molecular weight excluding hydrogens is 212 g/mol. The summed E-state index contributed by atoms with van der Waals surface area (Å²) in [5, 5.41) is 3.65. The molecule has 1 aromatic rings. The van der Waals surface area contributed by atoms with Gasteiger partial charge in [0.15, 0.2) is 0 Å². The second-order valence-corrected chi connectivity index (χ2v) is 5.13. The van der Waals surface area contributed by atoms with E-state index < -0.39 is 0 Å². The Balaban J connectivity index is 1.44. The molecule has 2 aliphatic rings. The van der Waals surface area contributed by atoms with Gasteiger partial charge in [-0.05, 0) is 49.8 Å². The first-order valence-electron chi connectivity index (χ1n) is 6.67. The number of nitrogens with zero attached hydrogens (tertiary/aromatic N) is 1. The standard InChI is InChI=1S/C14H20N2O/c1-2-11(10-15-7-1)5-8-16-13-6-9-17-14(13)12-3-4-12/h1-2,7,10,12-14,16H,3-6,8-9H2. The highest BCUT2D eigenvalue weighted by molar-refractivity contribution is 5.08. The highest BCUT2D eigenvalue weighted by Crippen LogP contribution is 2.38. The fraction of sp³-hybridized carbons (Fsp3) is 0.643. The van der Waals surface area contributed by atoms with Crippen LogP contribution < -0.4 is 5.32 Å². The number of hydrogen-bond donors (Lipinski definition) is 1. The lowest BCUT2D eigenvalue weighted by Crippen LogP contribution is -2.38. The van der Waals surface area contributed by atoms with Crippen LogP contribution in [0.25, 0.3) is 0 Å². The maximum atomic E-state index is 5.82. The van der Waals surface area contributed by atoms with Crippen molar-refractivity contribution in [2.24, 2.45) is 5.92 Å². The van der Waals surface area contributed by atoms with Crippen molar-refractivity contribution in [2.75, 3.05) is 13.2 Å². The fourth-order valence-electron chi connectivity index (χ4n) is 2.67. The van der Waals surface area contributed by atoms with Crippen LogP contribution in [0, 0.1) is 5.92 Å². The molecule has 1 saturated carbocycles. The average Bonchev–Trinajstić information content (AvgIpc) is 3.11. The minimum Gasteiger partial charge on any atom is -0.376 e. The summed E-state index contributed by atoms with van der Waals surface area (Å²) >= 11 is 0. The molecule has 0 amide bonds. The normalized spacial score (nSPS) is 28.5. The predicted octanol–water partition coefficient (Wildman–Crippen LogP) is 1.78. The van der Waals surface area contributed by atoms with Gasteiger partial charge in [-0.25, -0.2) is 0 Å². The van der Waals surface area contributed by atoms with Crippen LogP contribution in [0.15, 0.2) is 24.5 Å². The van der Waals surface area contributed by atoms with E-state index >= 15 is 0 Å². The maximum Gasteiger partial charge on any atom is 0.0756 e. The minimum atomic E-state index is 0.490. The molecule has 0 bridgehead atoms. The van der Waals surface area contributed by atoms with E-state index in [9.17, 15) is 0 Å². The van der Waals surface area contributed by atoms with Crippen molar-refractivity contribution in [3.05, 3.63) is 30.1 Å². The first-order valence-corrected chi connectivity index (χ1v) is 6.67. The third-order valence-electron chi connectivity index (χ3n) is 3.77. The highest BCUT2D eigenvalue weighted by atomic mass is 16.5. The van der Waals surface area contributed by atoms with Crippen LogP contribution in [-0.4, -0.2) is 30.3 Å². The van der Waals surface area contributed by atoms with Gasteiger partial charge < -0.3 is 10.1 Å². The molecule has 1 saturated heterocycles. The number of aromatic nitrogens is 1. The maximum absolute atomic E-state index is 5.82. The first-order chi connectivity index (χ1) is 8.43. The van der Waals surface area contributed by atoms with Crippen molar-refractivity contribution >= 4 is 0 Å². The van der Waals surface area contributed by atoms with Crippen LogP contribution in [0.4, 0.5) is 0 Å². The molecular formula is C14H20N2O. The Labute approximate surface area is 103 Å². The zero-order valence-electron chi connectivity index (χ0n) is 10.1. The van der Waals surface area contributed by atoms with Crippen LogP contribution in [0.3, 0.4) is 0 Å². The molecule has 0 spiro atoms. The molecule has 2 fully saturated rings. The number of nitrogens with one attached hydrogen (secondary N) is 1. The summed E-state index contributed by atoms with van der Waals surface area (Å²) in [7, 11) is 0. The Bertz CT molecular complexity index is 350. The fourth-order valence-corrected chi connectivity index (χ4v) is 2.67. The van der Waals surface area contributed by atoms with Gasteiger partial charge in [-0.15, -0.1) is 0 Å². The van der Waals surface area contributed by atoms with E-state index in [2.05, 4.69) is 16.4 Å². The molecule has 0 aromatic carbocycles. The average molecular weight is 232 g/mol. The van der Waals surface area contributed by atoms with Gasteiger partial charge in [-0.1, -0.05) is 6.07 Å². The molecule has 2 atom stereocenters. The van der Waals surface area contributed by atoms with Crippen LogP contribution >= 0.6 is 0 Å². The van der Waals surface area contributed by atoms with E-state index in [1.165, 1.54) is 24.8 Å². The molecule has 1 aliphatic heterocycles. The summed E-state index contributed by atoms with van der Waals surface area (Å²) < 4.78 is 5.82. The summed E-state index contributed by atoms with van der Waals surface area (Å²) in [6.45, 7) is 1.97. The third kappa shape index (κ3) is 2.85. The minimum absolute atomic E-state index is 0.490. The third-order valence-corrected chi connectivity index (χ3v) is 3.77. The summed E-state index contributed by atoms with van der Waals surface area (Å²) in [4.78, 5) is 4.14. The molecule has 0 radical (unpaired) electrons. The van der Waals surface area contributed by atoms with Gasteiger partial charge >= 0.3 is 0 Å². The smallest absolute Gasteiger partial charge is 0.0756 e. The Kier molecular flexibility index (Phi) is 3.39. The topological polar surface area (TPSA) is 34.2 Å². The van der Waals surface area contributed by atoms with Gasteiger partial charge in [-0.3, -0.25) is 4.98 Å². The molecule has 3 nitrogen and oxygen atoms in total. The lowest BCUT2D eigenvalue weighted by atomic mass is 10.1. The predicted molar refractivity (Wildman–Crippen MR) is 66.8 cm³/mol. The Morgan fingerprint density at radius 2 is 2.29 bits per heavy atom. The molecule has 3 rings (SSSR count). The highest BCUT2D eigenvalue weighted by Gasteiger charge is 2.40. The monoisotopic (exact) mass is 232 g/mol. The van der Waals surface area contributed by atoms with Crippen LogP contribution in [0.2, 0.25) is 0 Å². The second kappa shape index (κ2) is 5.15. The van der Waals surface area contributed by atoms with Gasteiger partial charge in [0.05, 0.1) is 6.10 Å². The van der Waals surface area contributed by atoms with Crippen LogP contribution in [-0.2, 0) is 11.2 Å². The Morgan fingerprint density at radius 3 is 3.06 bits per heavy atom. The summed E-state index contributed by atoms with van der Waals surface area (Å²) in [5.74, 6) is 0.841. The molecule has 2 heterocycles. The van der Waals surface area contributed by atoms with E-state index in [1.54, 1.807) is 0 Å². The molecule has 92 valence electrons. The number of rotatable bonds is 5. The quantitative estimate of drug-likeness (QED) is 0.840. The summed E-state index contributed by atoms with van der Waals surface area (Å²) in [6.07, 6.45) is 9.23. The lowest BCUT2D eigenvalue weighted by Gasteiger charge is -2.19. The zero-order valence-corrected chi connectivity index (χ0v) is 10.1. The van der Waals surface area contributed by atoms with E-state index in [1.807, 2.05) is 18.5 Å². The largest absolute Gasteiger partial charge is 0.376 e. The van der Waals surface area contributed by atoms with Crippen LogP contribution in [0.1, 0.15) is 24.8 Å². The number of ether oxygens (including phenoxy) is 1. The van der Waals surface area contributed by atoms with Crippen molar-refractivity contribution in [1.82, 2.24) is 10.3 Å². The second-order valence-electron chi connectivity index (χ2n) is 5.13. The van der Waals surface area contributed by atoms with E-state index in [0.29, 0.717) is 12.1 Å². The zero-order chi connectivity index (χ0) is 11.5. The van der Waals surface area contributed by atoms with Crippen molar-refractivity contribution in [3.63, 3.8) is 0 Å². The van der Waals surface area contributed by atoms with Gasteiger partial charge in [0.25, 0.3) is 0 Å². The van der Waals surface area contributed by atoms with E-state index in [4.69, 9.17) is 4.74 Å². The van der Waals surface area contributed by atoms with Crippen LogP contribution in [0.5, 0.6) is 0 Å². The van der Waals surface area contributed by atoms with E-state index in [0.717, 1.165) is 25.5 Å². The van der Waals surface area contributed by atoms with Gasteiger partial charge in [-0.2, -0.15) is 0 Å². The SMILES string of the molecule is c1cncc(CCNC2CCOC2C2CC2)c1. The summed E-state index contributed by atoms with van der Waals surface area (Å²) in [5.41, 5.74) is 1.31. The van der Waals surface area contributed by atoms with Crippen molar-refractivity contribution in [2.45, 2.75) is 37.8 Å². The molecule has 2 unspecified atom stereocenters. The Morgan fingerprint density at radius 1 is 1.35 bits per heavy atom. The molecule has 17 heavy (non-hydrogen) atoms. The molecule has 3 heteroatoms. The molecule has 1 N–H and O–H groups in total. The number of pyridine rings is 1. The molecule has 1 aliphatic carbocycles. The lowest BCUT2D eigenvalue weighted by molar-refractivity contribution is 0.0813. The Hall–Kier alpha value is -0.930. The van der Waals surface area contributed by atoms with Crippen molar-refractivity contribution in [3.8, 4) is 0 Å². The van der Waals surface area contributed by atoms with Crippen molar-refractivity contribution in [1.29, 1.82) is 0 Å². The van der Waals surface area contributed by atoms with E-state index in [-0.39, 0.29) is 0 Å². The van der Waals surface area contributed by atoms with Gasteiger partial charge in [0.2, 0.25) is 0 Å². The number of hydrogen-bond acceptors (Lipinski definition) is 3. The summed E-state index contributed by atoms with van der Waals surface area (Å²) in [6, 6.07) is 4.72. The van der Waals surface area contributed by atoms with Gasteiger partial charge in [0.1, 0.15) is 0 Å². The van der Waals surface area contributed by atoms with Gasteiger partial charge in [0, 0.05) is 25.0 Å². The first kappa shape index (κ1) is 11.2. The molecule has 1 aromatic heterocycles.